The van der Waals surface area contributed by atoms with E-state index in [0.29, 0.717) is 43.5 Å². The number of nitrogens with zero attached hydrogens (tertiary/aromatic N) is 4. The number of halogens is 1. The van der Waals surface area contributed by atoms with Gasteiger partial charge in [0.05, 0.1) is 26.0 Å². The number of hydrogen-bond acceptors (Lipinski definition) is 8. The smallest absolute Gasteiger partial charge is 0.295 e. The normalized spacial score (nSPS) is 10.6. The molecule has 8 nitrogen and oxygen atoms in total. The number of rotatable bonds is 5. The van der Waals surface area contributed by atoms with Crippen molar-refractivity contribution < 1.29 is 14.3 Å². The van der Waals surface area contributed by atoms with E-state index in [9.17, 15) is 4.79 Å². The number of amides is 1. The number of nitrogens with one attached hydrogen (secondary N) is 1. The first-order valence-corrected chi connectivity index (χ1v) is 8.99. The van der Waals surface area contributed by atoms with Crippen molar-refractivity contribution in [2.45, 2.75) is 13.8 Å². The Morgan fingerprint density at radius 1 is 1.15 bits per heavy atom. The summed E-state index contributed by atoms with van der Waals surface area (Å²) in [5, 5.41) is 11.4. The van der Waals surface area contributed by atoms with Crippen LogP contribution in [-0.4, -0.2) is 40.3 Å². The molecule has 10 heteroatoms. The third kappa shape index (κ3) is 3.83. The summed E-state index contributed by atoms with van der Waals surface area (Å²) in [6.45, 7) is 3.66. The van der Waals surface area contributed by atoms with Gasteiger partial charge in [0, 0.05) is 23.0 Å². The fraction of sp³-hybridized carbons (Fsp3) is 0.235. The third-order valence-electron chi connectivity index (χ3n) is 3.80. The van der Waals surface area contributed by atoms with Gasteiger partial charge in [0.25, 0.3) is 11.1 Å². The predicted octanol–water partition coefficient (Wildman–Crippen LogP) is 3.53. The topological polar surface area (TPSA) is 99.1 Å². The van der Waals surface area contributed by atoms with E-state index in [1.165, 1.54) is 26.6 Å². The number of hydrogen-bond donors (Lipinski definition) is 1. The highest BCUT2D eigenvalue weighted by Crippen LogP contribution is 2.37. The van der Waals surface area contributed by atoms with Gasteiger partial charge in [-0.15, -0.1) is 5.10 Å². The van der Waals surface area contributed by atoms with Crippen molar-refractivity contribution >= 4 is 34.0 Å². The highest BCUT2D eigenvalue weighted by molar-refractivity contribution is 7.17. The molecule has 0 unspecified atom stereocenters. The second-order valence-corrected chi connectivity index (χ2v) is 6.82. The van der Waals surface area contributed by atoms with Crippen LogP contribution in [0.2, 0.25) is 5.15 Å². The molecule has 3 aromatic rings. The van der Waals surface area contributed by atoms with E-state index < -0.39 is 0 Å². The van der Waals surface area contributed by atoms with Crippen LogP contribution in [0.15, 0.2) is 18.5 Å². The molecule has 0 saturated heterocycles. The lowest BCUT2D eigenvalue weighted by Gasteiger charge is -2.16. The molecule has 140 valence electrons. The molecular weight excluding hydrogens is 390 g/mol. The molecule has 1 N–H and O–H groups in total. The van der Waals surface area contributed by atoms with Gasteiger partial charge < -0.3 is 9.47 Å². The maximum atomic E-state index is 12.9. The zero-order valence-corrected chi connectivity index (χ0v) is 16.6. The van der Waals surface area contributed by atoms with Crippen LogP contribution >= 0.6 is 22.9 Å². The molecule has 0 bridgehead atoms. The maximum Gasteiger partial charge on any atom is 0.295 e. The summed E-state index contributed by atoms with van der Waals surface area (Å²) < 4.78 is 10.4. The molecule has 3 heterocycles. The molecule has 0 aromatic carbocycles. The van der Waals surface area contributed by atoms with Crippen molar-refractivity contribution in [3.8, 4) is 22.1 Å². The first kappa shape index (κ1) is 19.0. The average molecular weight is 406 g/mol. The monoisotopic (exact) mass is 405 g/mol. The van der Waals surface area contributed by atoms with Gasteiger partial charge in [0.15, 0.2) is 0 Å². The van der Waals surface area contributed by atoms with Crippen LogP contribution < -0.4 is 14.8 Å². The fourth-order valence-corrected chi connectivity index (χ4v) is 3.21. The average Bonchev–Trinajstić information content (AvgIpc) is 3.11. The van der Waals surface area contributed by atoms with Crippen LogP contribution in [0.5, 0.6) is 10.9 Å². The minimum absolute atomic E-state index is 0.319. The van der Waals surface area contributed by atoms with E-state index in [1.54, 1.807) is 6.07 Å². The van der Waals surface area contributed by atoms with Crippen LogP contribution in [-0.2, 0) is 0 Å². The van der Waals surface area contributed by atoms with Gasteiger partial charge in [-0.25, -0.2) is 4.98 Å². The van der Waals surface area contributed by atoms with E-state index in [1.807, 2.05) is 13.8 Å². The Morgan fingerprint density at radius 3 is 2.59 bits per heavy atom. The van der Waals surface area contributed by atoms with Crippen molar-refractivity contribution in [2.24, 2.45) is 0 Å². The van der Waals surface area contributed by atoms with Crippen LogP contribution in [0.25, 0.3) is 11.1 Å². The number of ether oxygens (including phenoxy) is 2. The van der Waals surface area contributed by atoms with Gasteiger partial charge in [-0.2, -0.15) is 0 Å². The minimum atomic E-state index is -0.384. The Kier molecular flexibility index (Phi) is 5.52. The SMILES string of the molecule is COc1nnc(NC(=O)c2cnc(C)cc2-c2c(OC)cnc(Cl)c2C)s1. The lowest BCUT2D eigenvalue weighted by Crippen LogP contribution is -2.14. The molecule has 1 amide bonds. The van der Waals surface area contributed by atoms with Crippen molar-refractivity contribution in [1.29, 1.82) is 0 Å². The summed E-state index contributed by atoms with van der Waals surface area (Å²) in [5.74, 6) is 0.125. The third-order valence-corrected chi connectivity index (χ3v) is 4.98. The van der Waals surface area contributed by atoms with E-state index in [4.69, 9.17) is 21.1 Å². The maximum absolute atomic E-state index is 12.9. The molecule has 27 heavy (non-hydrogen) atoms. The Labute approximate surface area is 164 Å². The Balaban J connectivity index is 2.09. The molecule has 0 aliphatic rings. The van der Waals surface area contributed by atoms with E-state index in [0.717, 1.165) is 17.0 Å². The van der Waals surface area contributed by atoms with Crippen molar-refractivity contribution in [3.63, 3.8) is 0 Å². The quantitative estimate of drug-likeness (QED) is 0.648. The van der Waals surface area contributed by atoms with Gasteiger partial charge in [-0.3, -0.25) is 15.1 Å². The minimum Gasteiger partial charge on any atom is -0.494 e. The molecule has 0 saturated carbocycles. The Morgan fingerprint density at radius 2 is 1.93 bits per heavy atom. The van der Waals surface area contributed by atoms with Crippen molar-refractivity contribution in [1.82, 2.24) is 20.2 Å². The van der Waals surface area contributed by atoms with Crippen LogP contribution in [0.1, 0.15) is 21.6 Å². The Bertz CT molecular complexity index is 1010. The van der Waals surface area contributed by atoms with Crippen molar-refractivity contribution in [3.05, 3.63) is 40.4 Å². The highest BCUT2D eigenvalue weighted by atomic mass is 35.5. The predicted molar refractivity (Wildman–Crippen MR) is 103 cm³/mol. The molecule has 0 fully saturated rings. The van der Waals surface area contributed by atoms with Crippen LogP contribution in [0, 0.1) is 13.8 Å². The zero-order valence-electron chi connectivity index (χ0n) is 15.0. The molecular formula is C17H16ClN5O3S. The van der Waals surface area contributed by atoms with Gasteiger partial charge in [-0.05, 0) is 36.8 Å². The lowest BCUT2D eigenvalue weighted by molar-refractivity contribution is 0.102. The molecule has 0 aliphatic heterocycles. The van der Waals surface area contributed by atoms with Crippen molar-refractivity contribution in [2.75, 3.05) is 19.5 Å². The number of aryl methyl sites for hydroxylation is 1. The number of carbonyl (C=O) groups is 1. The number of carbonyl (C=O) groups excluding carboxylic acids is 1. The van der Waals surface area contributed by atoms with Gasteiger partial charge in [0.1, 0.15) is 10.9 Å². The molecule has 0 atom stereocenters. The van der Waals surface area contributed by atoms with E-state index >= 15 is 0 Å². The second kappa shape index (κ2) is 7.85. The fourth-order valence-electron chi connectivity index (χ4n) is 2.51. The van der Waals surface area contributed by atoms with Gasteiger partial charge >= 0.3 is 0 Å². The summed E-state index contributed by atoms with van der Waals surface area (Å²) in [7, 11) is 3.02. The number of aromatic nitrogens is 4. The Hall–Kier alpha value is -2.78. The standard InChI is InChI=1S/C17H16ClN5O3S/c1-8-5-10(13-9(2)14(18)20-7-12(13)25-3)11(6-19-8)15(24)21-16-22-23-17(26-4)27-16/h5-7H,1-4H3,(H,21,22,24). The number of pyridine rings is 2. The number of methoxy groups -OCH3 is 2. The van der Waals surface area contributed by atoms with Gasteiger partial charge in [0.2, 0.25) is 5.13 Å². The lowest BCUT2D eigenvalue weighted by atomic mass is 9.97. The molecule has 3 rings (SSSR count). The first-order chi connectivity index (χ1) is 12.9. The largest absolute Gasteiger partial charge is 0.494 e. The second-order valence-electron chi connectivity index (χ2n) is 5.52. The van der Waals surface area contributed by atoms with E-state index in [2.05, 4.69) is 25.5 Å². The summed E-state index contributed by atoms with van der Waals surface area (Å²) in [6, 6.07) is 1.80. The summed E-state index contributed by atoms with van der Waals surface area (Å²) in [4.78, 5) is 21.2. The van der Waals surface area contributed by atoms with Gasteiger partial charge in [-0.1, -0.05) is 16.7 Å². The summed E-state index contributed by atoms with van der Waals surface area (Å²) >= 11 is 7.32. The highest BCUT2D eigenvalue weighted by Gasteiger charge is 2.21. The number of anilines is 1. The molecule has 0 radical (unpaired) electrons. The zero-order chi connectivity index (χ0) is 19.6. The molecule has 3 aromatic heterocycles. The molecule has 0 spiro atoms. The summed E-state index contributed by atoms with van der Waals surface area (Å²) in [6.07, 6.45) is 3.03. The summed E-state index contributed by atoms with van der Waals surface area (Å²) in [5.41, 5.74) is 3.11. The van der Waals surface area contributed by atoms with Crippen LogP contribution in [0.4, 0.5) is 5.13 Å². The molecule has 0 aliphatic carbocycles. The van der Waals surface area contributed by atoms with Crippen LogP contribution in [0.3, 0.4) is 0 Å². The van der Waals surface area contributed by atoms with E-state index in [-0.39, 0.29) is 5.91 Å². The first-order valence-electron chi connectivity index (χ1n) is 7.79.